The second kappa shape index (κ2) is 8.15. The number of rotatable bonds is 6. The van der Waals surface area contributed by atoms with Crippen molar-refractivity contribution in [2.45, 2.75) is 32.6 Å². The van der Waals surface area contributed by atoms with Crippen molar-refractivity contribution in [2.75, 3.05) is 25.1 Å². The molecule has 0 aromatic heterocycles. The van der Waals surface area contributed by atoms with Gasteiger partial charge in [-0.1, -0.05) is 13.3 Å². The number of hydrogen-bond donors (Lipinski definition) is 1. The van der Waals surface area contributed by atoms with Crippen molar-refractivity contribution >= 4 is 17.6 Å². The molecule has 4 rings (SSSR count). The van der Waals surface area contributed by atoms with Gasteiger partial charge in [0.15, 0.2) is 11.5 Å². The second-order valence-electron chi connectivity index (χ2n) is 7.76. The lowest BCUT2D eigenvalue weighted by atomic mass is 10.1. The lowest BCUT2D eigenvalue weighted by Gasteiger charge is -2.10. The van der Waals surface area contributed by atoms with Crippen LogP contribution in [0.2, 0.25) is 0 Å². The Hall–Kier alpha value is -3.02. The van der Waals surface area contributed by atoms with Crippen LogP contribution in [0.4, 0.5) is 5.69 Å². The molecule has 6 nitrogen and oxygen atoms in total. The first-order valence-electron chi connectivity index (χ1n) is 10.1. The Bertz CT molecular complexity index is 902. The molecular weight excluding hydrogens is 370 g/mol. The molecule has 6 heteroatoms. The third-order valence-electron chi connectivity index (χ3n) is 5.34. The van der Waals surface area contributed by atoms with E-state index in [0.29, 0.717) is 48.1 Å². The standard InChI is InChI=1S/C23H25NO5/c1-2-3-12-27-22(26)16-4-7-18(8-5-16)24-21(25)17-6-9-19-20(13-17)29-15-23(10-11-23)14-28-19/h4-9,13H,2-3,10-12,14-15H2,1H3,(H,24,25). The highest BCUT2D eigenvalue weighted by Gasteiger charge is 2.46. The number of nitrogens with one attached hydrogen (secondary N) is 1. The van der Waals surface area contributed by atoms with Gasteiger partial charge in [0.25, 0.3) is 5.91 Å². The highest BCUT2D eigenvalue weighted by Crippen LogP contribution is 2.49. The molecule has 1 aliphatic carbocycles. The van der Waals surface area contributed by atoms with E-state index >= 15 is 0 Å². The van der Waals surface area contributed by atoms with Crippen LogP contribution in [-0.2, 0) is 4.74 Å². The number of carbonyl (C=O) groups excluding carboxylic acids is 2. The van der Waals surface area contributed by atoms with Crippen molar-refractivity contribution in [1.29, 1.82) is 0 Å². The van der Waals surface area contributed by atoms with Crippen LogP contribution in [0.25, 0.3) is 0 Å². The molecule has 0 saturated heterocycles. The topological polar surface area (TPSA) is 73.9 Å². The third kappa shape index (κ3) is 4.53. The first kappa shape index (κ1) is 19.3. The fourth-order valence-electron chi connectivity index (χ4n) is 3.14. The summed E-state index contributed by atoms with van der Waals surface area (Å²) in [6, 6.07) is 11.9. The molecule has 2 aliphatic rings. The Labute approximate surface area is 170 Å². The van der Waals surface area contributed by atoms with Gasteiger partial charge in [0.1, 0.15) is 0 Å². The van der Waals surface area contributed by atoms with E-state index in [0.717, 1.165) is 25.7 Å². The zero-order chi connectivity index (χ0) is 20.3. The lowest BCUT2D eigenvalue weighted by molar-refractivity contribution is 0.0499. The zero-order valence-electron chi connectivity index (χ0n) is 16.5. The van der Waals surface area contributed by atoms with E-state index in [2.05, 4.69) is 5.32 Å². The average molecular weight is 395 g/mol. The van der Waals surface area contributed by atoms with Crippen LogP contribution < -0.4 is 14.8 Å². The van der Waals surface area contributed by atoms with Gasteiger partial charge in [0.05, 0.1) is 25.4 Å². The largest absolute Gasteiger partial charge is 0.489 e. The number of benzene rings is 2. The van der Waals surface area contributed by atoms with Gasteiger partial charge in [-0.3, -0.25) is 4.79 Å². The number of carbonyl (C=O) groups is 2. The zero-order valence-corrected chi connectivity index (χ0v) is 16.5. The minimum absolute atomic E-state index is 0.154. The lowest BCUT2D eigenvalue weighted by Crippen LogP contribution is -2.17. The van der Waals surface area contributed by atoms with Crippen LogP contribution in [0.15, 0.2) is 42.5 Å². The minimum Gasteiger partial charge on any atom is -0.489 e. The fraction of sp³-hybridized carbons (Fsp3) is 0.391. The molecule has 1 amide bonds. The quantitative estimate of drug-likeness (QED) is 0.578. The number of fused-ring (bicyclic) bond motifs is 1. The monoisotopic (exact) mass is 395 g/mol. The van der Waals surface area contributed by atoms with E-state index in [-0.39, 0.29) is 17.3 Å². The van der Waals surface area contributed by atoms with Crippen molar-refractivity contribution in [1.82, 2.24) is 0 Å². The molecule has 29 heavy (non-hydrogen) atoms. The maximum Gasteiger partial charge on any atom is 0.338 e. The smallest absolute Gasteiger partial charge is 0.338 e. The van der Waals surface area contributed by atoms with E-state index in [4.69, 9.17) is 14.2 Å². The average Bonchev–Trinajstić information content (AvgIpc) is 3.54. The third-order valence-corrected chi connectivity index (χ3v) is 5.34. The van der Waals surface area contributed by atoms with Crippen LogP contribution >= 0.6 is 0 Å². The summed E-state index contributed by atoms with van der Waals surface area (Å²) in [6.07, 6.45) is 4.06. The minimum atomic E-state index is -0.354. The normalized spacial score (nSPS) is 16.0. The van der Waals surface area contributed by atoms with Gasteiger partial charge in [-0.15, -0.1) is 0 Å². The van der Waals surface area contributed by atoms with Crippen LogP contribution in [0, 0.1) is 5.41 Å². The number of ether oxygens (including phenoxy) is 3. The summed E-state index contributed by atoms with van der Waals surface area (Å²) < 4.78 is 16.9. The molecule has 0 atom stereocenters. The number of anilines is 1. The molecule has 1 spiro atoms. The van der Waals surface area contributed by atoms with Crippen LogP contribution in [0.1, 0.15) is 53.3 Å². The molecule has 1 N–H and O–H groups in total. The summed E-state index contributed by atoms with van der Waals surface area (Å²) in [7, 11) is 0. The highest BCUT2D eigenvalue weighted by molar-refractivity contribution is 6.04. The highest BCUT2D eigenvalue weighted by atomic mass is 16.5. The summed E-state index contributed by atoms with van der Waals surface area (Å²) in [6.45, 7) is 3.75. The molecule has 2 aromatic carbocycles. The molecular formula is C23H25NO5. The van der Waals surface area contributed by atoms with Crippen molar-refractivity contribution < 1.29 is 23.8 Å². The van der Waals surface area contributed by atoms with Gasteiger partial charge < -0.3 is 19.5 Å². The second-order valence-corrected chi connectivity index (χ2v) is 7.76. The van der Waals surface area contributed by atoms with Crippen LogP contribution in [0.5, 0.6) is 11.5 Å². The summed E-state index contributed by atoms with van der Waals surface area (Å²) in [5.41, 5.74) is 1.70. The van der Waals surface area contributed by atoms with Gasteiger partial charge in [-0.05, 0) is 61.7 Å². The predicted molar refractivity (Wildman–Crippen MR) is 109 cm³/mol. The summed E-state index contributed by atoms with van der Waals surface area (Å²) >= 11 is 0. The van der Waals surface area contributed by atoms with Gasteiger partial charge in [-0.25, -0.2) is 4.79 Å². The van der Waals surface area contributed by atoms with E-state index in [1.165, 1.54) is 0 Å². The van der Waals surface area contributed by atoms with Gasteiger partial charge in [0.2, 0.25) is 0 Å². The Morgan fingerprint density at radius 1 is 1.00 bits per heavy atom. The predicted octanol–water partition coefficient (Wildman–Crippen LogP) is 4.45. The van der Waals surface area contributed by atoms with E-state index in [1.807, 2.05) is 6.92 Å². The van der Waals surface area contributed by atoms with Crippen LogP contribution in [0.3, 0.4) is 0 Å². The molecule has 1 saturated carbocycles. The summed E-state index contributed by atoms with van der Waals surface area (Å²) in [5.74, 6) is 0.676. The molecule has 0 bridgehead atoms. The number of unbranched alkanes of at least 4 members (excludes halogenated alkanes) is 1. The number of amides is 1. The first-order valence-corrected chi connectivity index (χ1v) is 10.1. The Morgan fingerprint density at radius 3 is 2.38 bits per heavy atom. The Balaban J connectivity index is 1.38. The molecule has 0 radical (unpaired) electrons. The molecule has 0 unspecified atom stereocenters. The number of esters is 1. The van der Waals surface area contributed by atoms with Crippen molar-refractivity contribution in [2.24, 2.45) is 5.41 Å². The maximum absolute atomic E-state index is 12.6. The summed E-state index contributed by atoms with van der Waals surface area (Å²) in [4.78, 5) is 24.6. The number of hydrogen-bond acceptors (Lipinski definition) is 5. The maximum atomic E-state index is 12.6. The van der Waals surface area contributed by atoms with E-state index in [1.54, 1.807) is 42.5 Å². The Morgan fingerprint density at radius 2 is 1.69 bits per heavy atom. The van der Waals surface area contributed by atoms with Crippen molar-refractivity contribution in [3.63, 3.8) is 0 Å². The molecule has 152 valence electrons. The van der Waals surface area contributed by atoms with Gasteiger partial charge >= 0.3 is 5.97 Å². The molecule has 2 aromatic rings. The van der Waals surface area contributed by atoms with Crippen LogP contribution in [-0.4, -0.2) is 31.7 Å². The molecule has 1 fully saturated rings. The van der Waals surface area contributed by atoms with E-state index < -0.39 is 0 Å². The van der Waals surface area contributed by atoms with Gasteiger partial charge in [-0.2, -0.15) is 0 Å². The van der Waals surface area contributed by atoms with E-state index in [9.17, 15) is 9.59 Å². The van der Waals surface area contributed by atoms with Gasteiger partial charge in [0, 0.05) is 16.7 Å². The molecule has 1 aliphatic heterocycles. The Kier molecular flexibility index (Phi) is 5.43. The molecule has 1 heterocycles. The first-order chi connectivity index (χ1) is 14.1. The van der Waals surface area contributed by atoms with Crippen molar-refractivity contribution in [3.05, 3.63) is 53.6 Å². The summed E-state index contributed by atoms with van der Waals surface area (Å²) in [5, 5.41) is 2.84. The SMILES string of the molecule is CCCCOC(=O)c1ccc(NC(=O)c2ccc3c(c2)OCC2(CC2)CO3)cc1. The van der Waals surface area contributed by atoms with Crippen molar-refractivity contribution in [3.8, 4) is 11.5 Å². The fourth-order valence-corrected chi connectivity index (χ4v) is 3.14.